The van der Waals surface area contributed by atoms with Crippen LogP contribution in [0.15, 0.2) is 46.9 Å². The van der Waals surface area contributed by atoms with Crippen LogP contribution in [0.3, 0.4) is 0 Å². The summed E-state index contributed by atoms with van der Waals surface area (Å²) in [6.45, 7) is 0.289. The number of likely N-dealkylation sites (tertiary alicyclic amines) is 1. The highest BCUT2D eigenvalue weighted by atomic mass is 19.1. The molecule has 0 saturated carbocycles. The molecular weight excluding hydrogens is 358 g/mol. The number of aliphatic hydroxyl groups is 1. The number of fused-ring (bicyclic) bond motifs is 1. The molecule has 4 rings (SSSR count). The normalized spacial score (nSPS) is 20.0. The Hall–Kier alpha value is -3.00. The predicted molar refractivity (Wildman–Crippen MR) is 91.3 cm³/mol. The van der Waals surface area contributed by atoms with Gasteiger partial charge in [-0.1, -0.05) is 12.1 Å². The van der Waals surface area contributed by atoms with Crippen LogP contribution in [-0.4, -0.2) is 46.2 Å². The lowest BCUT2D eigenvalue weighted by Crippen LogP contribution is -2.51. The van der Waals surface area contributed by atoms with Crippen molar-refractivity contribution >= 4 is 17.0 Å². The fraction of sp³-hybridized carbons (Fsp3) is 0.263. The van der Waals surface area contributed by atoms with Crippen molar-refractivity contribution in [3.63, 3.8) is 0 Å². The third kappa shape index (κ3) is 3.61. The molecule has 1 aliphatic heterocycles. The summed E-state index contributed by atoms with van der Waals surface area (Å²) in [4.78, 5) is 18.2. The minimum atomic E-state index is -1.02. The molecule has 1 amide bonds. The second-order valence-electron chi connectivity index (χ2n) is 6.36. The molecule has 8 heteroatoms. The number of carbonyl (C=O) groups is 1. The van der Waals surface area contributed by atoms with Crippen molar-refractivity contribution in [3.8, 4) is 5.75 Å². The van der Waals surface area contributed by atoms with Gasteiger partial charge in [0.25, 0.3) is 5.89 Å². The summed E-state index contributed by atoms with van der Waals surface area (Å²) >= 11 is 0. The summed E-state index contributed by atoms with van der Waals surface area (Å²) in [5.74, 6) is -2.00. The molecule has 1 saturated heterocycles. The molecule has 6 nitrogen and oxygen atoms in total. The molecular formula is C19H16F2N2O4. The Bertz CT molecular complexity index is 938. The lowest BCUT2D eigenvalue weighted by atomic mass is 10.0. The van der Waals surface area contributed by atoms with Crippen molar-refractivity contribution in [1.82, 2.24) is 9.88 Å². The Morgan fingerprint density at radius 1 is 1.22 bits per heavy atom. The van der Waals surface area contributed by atoms with Crippen LogP contribution in [0.4, 0.5) is 8.78 Å². The molecule has 0 radical (unpaired) electrons. The molecule has 1 fully saturated rings. The van der Waals surface area contributed by atoms with Gasteiger partial charge in [0, 0.05) is 31.2 Å². The van der Waals surface area contributed by atoms with E-state index >= 15 is 0 Å². The van der Waals surface area contributed by atoms with E-state index in [9.17, 15) is 18.7 Å². The predicted octanol–water partition coefficient (Wildman–Crippen LogP) is 2.76. The van der Waals surface area contributed by atoms with Gasteiger partial charge in [-0.15, -0.1) is 0 Å². The minimum Gasteiger partial charge on any atom is -0.487 e. The number of β-amino-alcohol motifs (C(OH)–C–C–N with tert-alkyl or cyclic N) is 1. The van der Waals surface area contributed by atoms with Crippen LogP contribution in [0, 0.1) is 11.6 Å². The second-order valence-corrected chi connectivity index (χ2v) is 6.36. The van der Waals surface area contributed by atoms with Crippen LogP contribution in [-0.2, 0) is 0 Å². The van der Waals surface area contributed by atoms with Crippen LogP contribution < -0.4 is 4.74 Å². The highest BCUT2D eigenvalue weighted by Gasteiger charge is 2.33. The maximum atomic E-state index is 13.3. The smallest absolute Gasteiger partial charge is 0.309 e. The van der Waals surface area contributed by atoms with Gasteiger partial charge in [-0.25, -0.2) is 13.8 Å². The Morgan fingerprint density at radius 2 is 1.96 bits per heavy atom. The van der Waals surface area contributed by atoms with Crippen molar-refractivity contribution in [3.05, 3.63) is 60.0 Å². The third-order valence-electron chi connectivity index (χ3n) is 4.41. The van der Waals surface area contributed by atoms with E-state index in [1.807, 2.05) is 0 Å². The molecule has 140 valence electrons. The van der Waals surface area contributed by atoms with Gasteiger partial charge in [-0.3, -0.25) is 4.79 Å². The van der Waals surface area contributed by atoms with Crippen LogP contribution in [0.5, 0.6) is 5.75 Å². The maximum absolute atomic E-state index is 13.3. The number of halogens is 2. The van der Waals surface area contributed by atoms with Gasteiger partial charge in [0.15, 0.2) is 5.58 Å². The highest BCUT2D eigenvalue weighted by molar-refractivity contribution is 5.92. The SMILES string of the molecule is O=C(c1nc2ccccc2o1)N1CC[C@@H](Oc2cc(F)cc(F)c2)[C@H](O)C1. The number of nitrogens with zero attached hydrogens (tertiary/aromatic N) is 2. The molecule has 0 spiro atoms. The largest absolute Gasteiger partial charge is 0.487 e. The fourth-order valence-electron chi connectivity index (χ4n) is 3.10. The van der Waals surface area contributed by atoms with Crippen molar-refractivity contribution in [2.75, 3.05) is 13.1 Å². The van der Waals surface area contributed by atoms with E-state index in [1.165, 1.54) is 4.90 Å². The molecule has 1 aliphatic rings. The summed E-state index contributed by atoms with van der Waals surface area (Å²) in [6.07, 6.45) is -1.40. The topological polar surface area (TPSA) is 75.8 Å². The van der Waals surface area contributed by atoms with Crippen LogP contribution in [0.25, 0.3) is 11.1 Å². The van der Waals surface area contributed by atoms with Crippen molar-refractivity contribution in [2.24, 2.45) is 0 Å². The van der Waals surface area contributed by atoms with Gasteiger partial charge in [0.1, 0.15) is 35.1 Å². The summed E-state index contributed by atoms with van der Waals surface area (Å²) in [5.41, 5.74) is 1.08. The Morgan fingerprint density at radius 3 is 2.67 bits per heavy atom. The molecule has 0 bridgehead atoms. The number of hydrogen-bond acceptors (Lipinski definition) is 5. The van der Waals surface area contributed by atoms with Crippen LogP contribution in [0.2, 0.25) is 0 Å². The van der Waals surface area contributed by atoms with Gasteiger partial charge in [0.2, 0.25) is 0 Å². The number of benzene rings is 2. The molecule has 1 N–H and O–H groups in total. The first-order valence-corrected chi connectivity index (χ1v) is 8.45. The van der Waals surface area contributed by atoms with E-state index in [2.05, 4.69) is 4.98 Å². The second kappa shape index (κ2) is 6.96. The number of amides is 1. The summed E-state index contributed by atoms with van der Waals surface area (Å²) in [7, 11) is 0. The summed E-state index contributed by atoms with van der Waals surface area (Å²) in [5, 5.41) is 10.3. The first-order chi connectivity index (χ1) is 13.0. The molecule has 2 heterocycles. The zero-order valence-corrected chi connectivity index (χ0v) is 14.1. The number of hydrogen-bond donors (Lipinski definition) is 1. The number of ether oxygens (including phenoxy) is 1. The zero-order chi connectivity index (χ0) is 19.0. The Kier molecular flexibility index (Phi) is 4.49. The standard InChI is InChI=1S/C19H16F2N2O4/c20-11-7-12(21)9-13(8-11)26-17-5-6-23(10-15(17)24)19(25)18-22-14-3-1-2-4-16(14)27-18/h1-4,7-9,15,17,24H,5-6,10H2/t15-,17-/m1/s1. The molecule has 27 heavy (non-hydrogen) atoms. The third-order valence-corrected chi connectivity index (χ3v) is 4.41. The Balaban J connectivity index is 1.44. The first-order valence-electron chi connectivity index (χ1n) is 8.45. The van der Waals surface area contributed by atoms with Gasteiger partial charge < -0.3 is 19.2 Å². The number of aromatic nitrogens is 1. The van der Waals surface area contributed by atoms with Gasteiger partial charge >= 0.3 is 5.91 Å². The number of aliphatic hydroxyl groups excluding tert-OH is 1. The lowest BCUT2D eigenvalue weighted by Gasteiger charge is -2.35. The molecule has 0 aliphatic carbocycles. The first kappa shape index (κ1) is 17.4. The van der Waals surface area contributed by atoms with E-state index in [0.717, 1.165) is 18.2 Å². The van der Waals surface area contributed by atoms with E-state index in [4.69, 9.17) is 9.15 Å². The molecule has 2 atom stereocenters. The summed E-state index contributed by atoms with van der Waals surface area (Å²) < 4.78 is 37.5. The number of carbonyl (C=O) groups excluding carboxylic acids is 1. The zero-order valence-electron chi connectivity index (χ0n) is 14.1. The maximum Gasteiger partial charge on any atom is 0.309 e. The van der Waals surface area contributed by atoms with Gasteiger partial charge in [-0.2, -0.15) is 0 Å². The summed E-state index contributed by atoms with van der Waals surface area (Å²) in [6, 6.07) is 9.86. The number of piperidine rings is 1. The van der Waals surface area contributed by atoms with Gasteiger partial charge in [0.05, 0.1) is 6.54 Å². The van der Waals surface area contributed by atoms with Crippen LogP contribution in [0.1, 0.15) is 17.1 Å². The Labute approximate surface area is 153 Å². The molecule has 3 aromatic rings. The van der Waals surface area contributed by atoms with Crippen molar-refractivity contribution in [1.29, 1.82) is 0 Å². The van der Waals surface area contributed by atoms with Crippen LogP contribution >= 0.6 is 0 Å². The average Bonchev–Trinajstić information content (AvgIpc) is 3.06. The highest BCUT2D eigenvalue weighted by Crippen LogP contribution is 2.23. The van der Waals surface area contributed by atoms with Crippen molar-refractivity contribution in [2.45, 2.75) is 18.6 Å². The number of rotatable bonds is 3. The molecule has 2 aromatic carbocycles. The fourth-order valence-corrected chi connectivity index (χ4v) is 3.10. The van der Waals surface area contributed by atoms with Crippen molar-refractivity contribution < 1.29 is 27.8 Å². The van der Waals surface area contributed by atoms with E-state index in [1.54, 1.807) is 24.3 Å². The lowest BCUT2D eigenvalue weighted by molar-refractivity contribution is -0.0210. The van der Waals surface area contributed by atoms with E-state index in [-0.39, 0.29) is 24.7 Å². The number of para-hydroxylation sites is 2. The number of oxazole rings is 1. The van der Waals surface area contributed by atoms with E-state index < -0.39 is 29.7 Å². The van der Waals surface area contributed by atoms with Gasteiger partial charge in [-0.05, 0) is 12.1 Å². The molecule has 1 aromatic heterocycles. The average molecular weight is 374 g/mol. The minimum absolute atomic E-state index is 0.0000229. The quantitative estimate of drug-likeness (QED) is 0.763. The van der Waals surface area contributed by atoms with E-state index in [0.29, 0.717) is 17.5 Å². The molecule has 0 unspecified atom stereocenters. The monoisotopic (exact) mass is 374 g/mol.